The summed E-state index contributed by atoms with van der Waals surface area (Å²) in [7, 11) is 1.41. The minimum atomic E-state index is -0.765. The van der Waals surface area contributed by atoms with Crippen molar-refractivity contribution < 1.29 is 14.6 Å². The molecule has 0 bridgehead atoms. The van der Waals surface area contributed by atoms with Gasteiger partial charge in [0, 0.05) is 23.3 Å². The molecule has 0 saturated carbocycles. The fraction of sp³-hybridized carbons (Fsp3) is 0.174. The van der Waals surface area contributed by atoms with Crippen LogP contribution in [0.5, 0.6) is 5.88 Å². The van der Waals surface area contributed by atoms with Crippen molar-refractivity contribution in [1.29, 1.82) is 5.26 Å². The first-order valence-electron chi connectivity index (χ1n) is 10.2. The van der Waals surface area contributed by atoms with Crippen LogP contribution in [0.25, 0.3) is 16.8 Å². The Morgan fingerprint density at radius 1 is 1.32 bits per heavy atom. The number of nitriles is 1. The SMILES string of the molecule is COc1ncc(-c2c(C#N)cc3c(N)ncnn23)cc1C(=O)NCCC(O)c1ccc(Cl)cc1. The number of hydrogen-bond donors (Lipinski definition) is 3. The number of nitrogens with zero attached hydrogens (tertiary/aromatic N) is 5. The Morgan fingerprint density at radius 2 is 2.09 bits per heavy atom. The molecular formula is C23H20ClN7O3. The van der Waals surface area contributed by atoms with Crippen LogP contribution in [0.3, 0.4) is 0 Å². The van der Waals surface area contributed by atoms with E-state index in [1.54, 1.807) is 36.4 Å². The summed E-state index contributed by atoms with van der Waals surface area (Å²) in [6.07, 6.45) is 2.30. The molecule has 0 aliphatic heterocycles. The molecule has 4 rings (SSSR count). The standard InChI is InChI=1S/C23H20ClN7O3/c1-34-23-17(22(33)27-7-6-19(32)13-2-4-16(24)5-3-13)8-15(11-28-23)20-14(10-25)9-18-21(26)29-12-30-31(18)20/h2-5,8-9,11-12,19,32H,6-7H2,1H3,(H,27,33)(H2,26,29,30). The van der Waals surface area contributed by atoms with E-state index in [0.29, 0.717) is 39.3 Å². The molecule has 0 spiro atoms. The number of ether oxygens (including phenoxy) is 1. The Morgan fingerprint density at radius 3 is 2.79 bits per heavy atom. The van der Waals surface area contributed by atoms with E-state index in [0.717, 1.165) is 0 Å². The molecule has 0 fully saturated rings. The van der Waals surface area contributed by atoms with E-state index in [4.69, 9.17) is 22.1 Å². The molecule has 10 nitrogen and oxygen atoms in total. The molecule has 34 heavy (non-hydrogen) atoms. The maximum absolute atomic E-state index is 12.9. The average Bonchev–Trinajstić information content (AvgIpc) is 3.24. The summed E-state index contributed by atoms with van der Waals surface area (Å²) in [5, 5.41) is 27.5. The molecule has 3 heterocycles. The predicted molar refractivity (Wildman–Crippen MR) is 125 cm³/mol. The van der Waals surface area contributed by atoms with Crippen LogP contribution in [0.15, 0.2) is 48.9 Å². The smallest absolute Gasteiger partial charge is 0.256 e. The molecule has 1 unspecified atom stereocenters. The third kappa shape index (κ3) is 4.47. The van der Waals surface area contributed by atoms with Crippen molar-refractivity contribution in [2.75, 3.05) is 19.4 Å². The van der Waals surface area contributed by atoms with Crippen molar-refractivity contribution in [2.24, 2.45) is 0 Å². The van der Waals surface area contributed by atoms with Crippen molar-refractivity contribution >= 4 is 28.8 Å². The number of rotatable bonds is 7. The molecule has 172 valence electrons. The van der Waals surface area contributed by atoms with Crippen LogP contribution in [-0.4, -0.2) is 44.3 Å². The van der Waals surface area contributed by atoms with Crippen molar-refractivity contribution in [3.63, 3.8) is 0 Å². The summed E-state index contributed by atoms with van der Waals surface area (Å²) in [4.78, 5) is 21.1. The first-order chi connectivity index (χ1) is 16.4. The van der Waals surface area contributed by atoms with E-state index in [1.807, 2.05) is 0 Å². The third-order valence-electron chi connectivity index (χ3n) is 5.24. The minimum Gasteiger partial charge on any atom is -0.480 e. The fourth-order valence-electron chi connectivity index (χ4n) is 3.55. The molecule has 1 amide bonds. The van der Waals surface area contributed by atoms with Crippen molar-refractivity contribution in [1.82, 2.24) is 24.9 Å². The lowest BCUT2D eigenvalue weighted by atomic mass is 10.1. The second-order valence-corrected chi connectivity index (χ2v) is 7.79. The largest absolute Gasteiger partial charge is 0.480 e. The van der Waals surface area contributed by atoms with Gasteiger partial charge in [0.1, 0.15) is 23.5 Å². The van der Waals surface area contributed by atoms with Gasteiger partial charge in [0.25, 0.3) is 5.91 Å². The Balaban J connectivity index is 1.58. The number of fused-ring (bicyclic) bond motifs is 1. The van der Waals surface area contributed by atoms with Crippen LogP contribution in [0.4, 0.5) is 5.82 Å². The molecule has 4 N–H and O–H groups in total. The molecule has 11 heteroatoms. The lowest BCUT2D eigenvalue weighted by molar-refractivity contribution is 0.0939. The van der Waals surface area contributed by atoms with Crippen molar-refractivity contribution in [3.05, 3.63) is 70.6 Å². The highest BCUT2D eigenvalue weighted by atomic mass is 35.5. The molecule has 0 aliphatic rings. The number of nitrogens with two attached hydrogens (primary N) is 1. The number of nitrogen functional groups attached to an aromatic ring is 1. The van der Waals surface area contributed by atoms with Crippen molar-refractivity contribution in [3.8, 4) is 23.2 Å². The van der Waals surface area contributed by atoms with Gasteiger partial charge >= 0.3 is 0 Å². The molecule has 3 aromatic heterocycles. The van der Waals surface area contributed by atoms with Crippen LogP contribution < -0.4 is 15.8 Å². The fourth-order valence-corrected chi connectivity index (χ4v) is 3.67. The molecule has 4 aromatic rings. The number of hydrogen-bond acceptors (Lipinski definition) is 8. The number of pyridine rings is 1. The number of carbonyl (C=O) groups excluding carboxylic acids is 1. The molecule has 1 aromatic carbocycles. The highest BCUT2D eigenvalue weighted by Gasteiger charge is 2.20. The van der Waals surface area contributed by atoms with Gasteiger partial charge in [-0.25, -0.2) is 14.5 Å². The average molecular weight is 478 g/mol. The number of aromatic nitrogens is 4. The number of methoxy groups -OCH3 is 1. The van der Waals surface area contributed by atoms with Gasteiger partial charge in [-0.05, 0) is 36.2 Å². The maximum atomic E-state index is 12.9. The highest BCUT2D eigenvalue weighted by Crippen LogP contribution is 2.30. The summed E-state index contributed by atoms with van der Waals surface area (Å²) >= 11 is 5.88. The van der Waals surface area contributed by atoms with E-state index in [2.05, 4.69) is 26.5 Å². The zero-order valence-electron chi connectivity index (χ0n) is 18.1. The molecule has 0 saturated heterocycles. The number of anilines is 1. The van der Waals surface area contributed by atoms with Gasteiger partial charge < -0.3 is 20.9 Å². The van der Waals surface area contributed by atoms with E-state index in [1.165, 1.54) is 24.1 Å². The number of aliphatic hydroxyl groups is 1. The number of benzene rings is 1. The van der Waals surface area contributed by atoms with Crippen LogP contribution in [0.2, 0.25) is 5.02 Å². The Hall–Kier alpha value is -4.20. The summed E-state index contributed by atoms with van der Waals surface area (Å²) in [6.45, 7) is 0.206. The number of aliphatic hydroxyl groups excluding tert-OH is 1. The summed E-state index contributed by atoms with van der Waals surface area (Å²) < 4.78 is 6.74. The summed E-state index contributed by atoms with van der Waals surface area (Å²) in [5.74, 6) is -0.104. The Bertz CT molecular complexity index is 1400. The van der Waals surface area contributed by atoms with Gasteiger partial charge in [-0.3, -0.25) is 4.79 Å². The van der Waals surface area contributed by atoms with Gasteiger partial charge in [0.2, 0.25) is 5.88 Å². The lowest BCUT2D eigenvalue weighted by Gasteiger charge is -2.13. The molecular weight excluding hydrogens is 458 g/mol. The third-order valence-corrected chi connectivity index (χ3v) is 5.50. The number of halogens is 1. The van der Waals surface area contributed by atoms with Crippen LogP contribution in [0.1, 0.15) is 34.0 Å². The van der Waals surface area contributed by atoms with E-state index >= 15 is 0 Å². The first kappa shape index (κ1) is 23.0. The van der Waals surface area contributed by atoms with Crippen LogP contribution >= 0.6 is 11.6 Å². The van der Waals surface area contributed by atoms with E-state index < -0.39 is 12.0 Å². The zero-order chi connectivity index (χ0) is 24.2. The minimum absolute atomic E-state index is 0.119. The number of amides is 1. The molecule has 1 atom stereocenters. The van der Waals surface area contributed by atoms with Gasteiger partial charge in [0.15, 0.2) is 5.82 Å². The lowest BCUT2D eigenvalue weighted by Crippen LogP contribution is -2.26. The topological polar surface area (TPSA) is 151 Å². The van der Waals surface area contributed by atoms with Gasteiger partial charge in [-0.2, -0.15) is 10.4 Å². The number of nitrogens with one attached hydrogen (secondary N) is 1. The number of carbonyl (C=O) groups is 1. The monoisotopic (exact) mass is 477 g/mol. The predicted octanol–water partition coefficient (Wildman–Crippen LogP) is 2.76. The Labute approximate surface area is 199 Å². The van der Waals surface area contributed by atoms with E-state index in [9.17, 15) is 15.2 Å². The van der Waals surface area contributed by atoms with Crippen molar-refractivity contribution in [2.45, 2.75) is 12.5 Å². The van der Waals surface area contributed by atoms with Gasteiger partial charge in [0.05, 0.1) is 24.5 Å². The van der Waals surface area contributed by atoms with Gasteiger partial charge in [-0.15, -0.1) is 0 Å². The highest BCUT2D eigenvalue weighted by molar-refractivity contribution is 6.30. The summed E-state index contributed by atoms with van der Waals surface area (Å²) in [5.41, 5.74) is 8.45. The zero-order valence-corrected chi connectivity index (χ0v) is 18.8. The van der Waals surface area contributed by atoms with Gasteiger partial charge in [-0.1, -0.05) is 23.7 Å². The Kier molecular flexibility index (Phi) is 6.58. The van der Waals surface area contributed by atoms with Crippen LogP contribution in [0, 0.1) is 11.3 Å². The molecule has 0 aliphatic carbocycles. The quantitative estimate of drug-likeness (QED) is 0.367. The molecule has 0 radical (unpaired) electrons. The maximum Gasteiger partial charge on any atom is 0.256 e. The second kappa shape index (κ2) is 9.74. The summed E-state index contributed by atoms with van der Waals surface area (Å²) in [6, 6.07) is 12.1. The first-order valence-corrected chi connectivity index (χ1v) is 10.6. The second-order valence-electron chi connectivity index (χ2n) is 7.35. The van der Waals surface area contributed by atoms with Crippen LogP contribution in [-0.2, 0) is 0 Å². The normalized spacial score (nSPS) is 11.7. The van der Waals surface area contributed by atoms with E-state index in [-0.39, 0.29) is 23.8 Å².